The monoisotopic (exact) mass is 198 g/mol. The molecule has 0 aliphatic heterocycles. The summed E-state index contributed by atoms with van der Waals surface area (Å²) in [7, 11) is 1.59. The van der Waals surface area contributed by atoms with Crippen molar-refractivity contribution >= 4 is 0 Å². The van der Waals surface area contributed by atoms with Gasteiger partial charge in [-0.25, -0.2) is 0 Å². The molecule has 1 aromatic carbocycles. The van der Waals surface area contributed by atoms with Crippen molar-refractivity contribution in [1.29, 1.82) is 0 Å². The topological polar surface area (TPSA) is 58.9 Å². The number of ether oxygens (including phenoxy) is 2. The molecule has 0 bridgehead atoms. The van der Waals surface area contributed by atoms with E-state index < -0.39 is 6.10 Å². The third-order valence-corrected chi connectivity index (χ3v) is 1.71. The molecule has 0 heterocycles. The van der Waals surface area contributed by atoms with Crippen molar-refractivity contribution in [3.63, 3.8) is 0 Å². The number of methoxy groups -OCH3 is 1. The molecule has 0 radical (unpaired) electrons. The second-order valence-electron chi connectivity index (χ2n) is 2.82. The zero-order valence-electron chi connectivity index (χ0n) is 8.01. The molecule has 0 saturated heterocycles. The van der Waals surface area contributed by atoms with Crippen molar-refractivity contribution in [2.45, 2.75) is 6.10 Å². The average molecular weight is 198 g/mol. The summed E-state index contributed by atoms with van der Waals surface area (Å²) < 4.78 is 10.2. The van der Waals surface area contributed by atoms with E-state index in [1.165, 1.54) is 0 Å². The van der Waals surface area contributed by atoms with Gasteiger partial charge in [0.2, 0.25) is 0 Å². The molecule has 0 fully saturated rings. The van der Waals surface area contributed by atoms with E-state index in [4.69, 9.17) is 19.7 Å². The van der Waals surface area contributed by atoms with Gasteiger partial charge in [-0.1, -0.05) is 0 Å². The van der Waals surface area contributed by atoms with Gasteiger partial charge in [0, 0.05) is 0 Å². The molecule has 78 valence electrons. The fourth-order valence-corrected chi connectivity index (χ4v) is 0.917. The van der Waals surface area contributed by atoms with Crippen molar-refractivity contribution < 1.29 is 19.7 Å². The first kappa shape index (κ1) is 10.8. The van der Waals surface area contributed by atoms with E-state index in [0.29, 0.717) is 5.75 Å². The molecular formula is C10H14O4. The lowest BCUT2D eigenvalue weighted by atomic mass is 10.3. The fourth-order valence-electron chi connectivity index (χ4n) is 0.917. The van der Waals surface area contributed by atoms with Crippen LogP contribution in [0.1, 0.15) is 0 Å². The van der Waals surface area contributed by atoms with E-state index in [1.807, 2.05) is 0 Å². The Morgan fingerprint density at radius 3 is 2.29 bits per heavy atom. The van der Waals surface area contributed by atoms with Gasteiger partial charge in [0.25, 0.3) is 0 Å². The smallest absolute Gasteiger partial charge is 0.119 e. The van der Waals surface area contributed by atoms with Crippen LogP contribution in [0.4, 0.5) is 0 Å². The third-order valence-electron chi connectivity index (χ3n) is 1.71. The zero-order valence-corrected chi connectivity index (χ0v) is 8.01. The van der Waals surface area contributed by atoms with E-state index >= 15 is 0 Å². The normalized spacial score (nSPS) is 12.2. The molecule has 1 rings (SSSR count). The van der Waals surface area contributed by atoms with Crippen LogP contribution < -0.4 is 9.47 Å². The molecule has 1 atom stereocenters. The van der Waals surface area contributed by atoms with Gasteiger partial charge in [-0.15, -0.1) is 0 Å². The summed E-state index contributed by atoms with van der Waals surface area (Å²) in [5.74, 6) is 1.39. The van der Waals surface area contributed by atoms with Crippen molar-refractivity contribution in [1.82, 2.24) is 0 Å². The molecule has 0 saturated carbocycles. The minimum Gasteiger partial charge on any atom is -0.497 e. The van der Waals surface area contributed by atoms with Gasteiger partial charge >= 0.3 is 0 Å². The van der Waals surface area contributed by atoms with Gasteiger partial charge in [0.15, 0.2) is 0 Å². The molecule has 4 heteroatoms. The van der Waals surface area contributed by atoms with Crippen molar-refractivity contribution in [3.8, 4) is 11.5 Å². The largest absolute Gasteiger partial charge is 0.497 e. The molecule has 2 N–H and O–H groups in total. The summed E-state index contributed by atoms with van der Waals surface area (Å²) in [6.45, 7) is -0.209. The van der Waals surface area contributed by atoms with Crippen LogP contribution in [0.5, 0.6) is 11.5 Å². The maximum absolute atomic E-state index is 9.02. The third kappa shape index (κ3) is 3.24. The Bertz CT molecular complexity index is 257. The summed E-state index contributed by atoms with van der Waals surface area (Å²) in [4.78, 5) is 0. The molecule has 0 aliphatic rings. The maximum atomic E-state index is 9.02. The number of rotatable bonds is 5. The number of aliphatic hydroxyl groups excluding tert-OH is 2. The highest BCUT2D eigenvalue weighted by atomic mass is 16.5. The molecule has 0 aliphatic carbocycles. The van der Waals surface area contributed by atoms with E-state index in [1.54, 1.807) is 31.4 Å². The van der Waals surface area contributed by atoms with Gasteiger partial charge < -0.3 is 19.7 Å². The van der Waals surface area contributed by atoms with E-state index in [0.717, 1.165) is 5.75 Å². The summed E-state index contributed by atoms with van der Waals surface area (Å²) in [6, 6.07) is 7.01. The van der Waals surface area contributed by atoms with Crippen LogP contribution >= 0.6 is 0 Å². The number of hydrogen-bond donors (Lipinski definition) is 2. The van der Waals surface area contributed by atoms with Crippen LogP contribution in [-0.2, 0) is 0 Å². The first-order valence-corrected chi connectivity index (χ1v) is 4.32. The van der Waals surface area contributed by atoms with Crippen molar-refractivity contribution in [3.05, 3.63) is 24.3 Å². The first-order chi connectivity index (χ1) is 6.76. The first-order valence-electron chi connectivity index (χ1n) is 4.32. The minimum absolute atomic E-state index is 0.0861. The van der Waals surface area contributed by atoms with Gasteiger partial charge in [0.05, 0.1) is 13.7 Å². The van der Waals surface area contributed by atoms with Crippen molar-refractivity contribution in [2.24, 2.45) is 0 Å². The Kier molecular flexibility index (Phi) is 4.22. The van der Waals surface area contributed by atoms with Crippen molar-refractivity contribution in [2.75, 3.05) is 20.3 Å². The Balaban J connectivity index is 2.43. The van der Waals surface area contributed by atoms with Gasteiger partial charge in [-0.3, -0.25) is 0 Å². The van der Waals surface area contributed by atoms with Crippen LogP contribution in [0.25, 0.3) is 0 Å². The predicted molar refractivity (Wildman–Crippen MR) is 51.6 cm³/mol. The van der Waals surface area contributed by atoms with E-state index in [9.17, 15) is 0 Å². The van der Waals surface area contributed by atoms with Crippen LogP contribution in [0.3, 0.4) is 0 Å². The molecule has 1 aromatic rings. The van der Waals surface area contributed by atoms with Crippen LogP contribution in [0.15, 0.2) is 24.3 Å². The Morgan fingerprint density at radius 1 is 1.21 bits per heavy atom. The lowest BCUT2D eigenvalue weighted by molar-refractivity contribution is 0.0536. The number of aliphatic hydroxyl groups is 2. The molecule has 14 heavy (non-hydrogen) atoms. The average Bonchev–Trinajstić information content (AvgIpc) is 2.26. The van der Waals surface area contributed by atoms with Gasteiger partial charge in [0.1, 0.15) is 24.2 Å². The minimum atomic E-state index is -0.836. The Hall–Kier alpha value is -1.26. The number of benzene rings is 1. The lowest BCUT2D eigenvalue weighted by Crippen LogP contribution is -2.21. The highest BCUT2D eigenvalue weighted by molar-refractivity contribution is 5.31. The van der Waals surface area contributed by atoms with Crippen LogP contribution in [0, 0.1) is 0 Å². The number of hydrogen-bond acceptors (Lipinski definition) is 4. The molecule has 0 amide bonds. The zero-order chi connectivity index (χ0) is 10.4. The molecule has 4 nitrogen and oxygen atoms in total. The predicted octanol–water partition coefficient (Wildman–Crippen LogP) is 0.427. The van der Waals surface area contributed by atoms with Gasteiger partial charge in [-0.05, 0) is 24.3 Å². The maximum Gasteiger partial charge on any atom is 0.119 e. The van der Waals surface area contributed by atoms with Gasteiger partial charge in [-0.2, -0.15) is 0 Å². The molecular weight excluding hydrogens is 184 g/mol. The Labute approximate surface area is 82.7 Å². The molecule has 0 spiro atoms. The molecule has 0 aromatic heterocycles. The lowest BCUT2D eigenvalue weighted by Gasteiger charge is -2.09. The summed E-state index contributed by atoms with van der Waals surface area (Å²) in [5.41, 5.74) is 0. The summed E-state index contributed by atoms with van der Waals surface area (Å²) in [6.07, 6.45) is -0.836. The summed E-state index contributed by atoms with van der Waals surface area (Å²) >= 11 is 0. The molecule has 0 unspecified atom stereocenters. The standard InChI is InChI=1S/C10H14O4/c1-13-9-2-4-10(5-3-9)14-7-8(12)6-11/h2-5,8,11-12H,6-7H2,1H3/t8-/m0/s1. The highest BCUT2D eigenvalue weighted by Crippen LogP contribution is 2.16. The summed E-state index contributed by atoms with van der Waals surface area (Å²) in [5, 5.41) is 17.6. The van der Waals surface area contributed by atoms with E-state index in [2.05, 4.69) is 0 Å². The second-order valence-corrected chi connectivity index (χ2v) is 2.82. The fraction of sp³-hybridized carbons (Fsp3) is 0.400. The quantitative estimate of drug-likeness (QED) is 0.720. The highest BCUT2D eigenvalue weighted by Gasteiger charge is 2.02. The Morgan fingerprint density at radius 2 is 1.79 bits per heavy atom. The van der Waals surface area contributed by atoms with Crippen LogP contribution in [-0.4, -0.2) is 36.6 Å². The SMILES string of the molecule is COc1ccc(OC[C@@H](O)CO)cc1. The van der Waals surface area contributed by atoms with E-state index in [-0.39, 0.29) is 13.2 Å². The second kappa shape index (κ2) is 5.47. The van der Waals surface area contributed by atoms with Crippen LogP contribution in [0.2, 0.25) is 0 Å².